The third-order valence-electron chi connectivity index (χ3n) is 1.84. The summed E-state index contributed by atoms with van der Waals surface area (Å²) in [6, 6.07) is 0. The topological polar surface area (TPSA) is 52.6 Å². The molecule has 4 heteroatoms. The van der Waals surface area contributed by atoms with Crippen LogP contribution < -0.4 is 0 Å². The third-order valence-corrected chi connectivity index (χ3v) is 1.84. The van der Waals surface area contributed by atoms with Gasteiger partial charge in [0.05, 0.1) is 6.26 Å². The molecule has 1 unspecified atom stereocenters. The van der Waals surface area contributed by atoms with Gasteiger partial charge in [-0.3, -0.25) is 9.59 Å². The fraction of sp³-hybridized carbons (Fsp3) is 0.455. The lowest BCUT2D eigenvalue weighted by Crippen LogP contribution is -2.12. The molecule has 0 saturated heterocycles. The minimum Gasteiger partial charge on any atom is -0.486 e. The Hall–Kier alpha value is -1.58. The van der Waals surface area contributed by atoms with Crippen LogP contribution in [0.3, 0.4) is 0 Å². The van der Waals surface area contributed by atoms with Crippen molar-refractivity contribution in [3.8, 4) is 0 Å². The number of rotatable bonds is 5. The van der Waals surface area contributed by atoms with Gasteiger partial charge < -0.3 is 9.47 Å². The molecule has 82 valence electrons. The molecule has 0 aliphatic carbocycles. The van der Waals surface area contributed by atoms with Crippen molar-refractivity contribution in [2.75, 3.05) is 6.61 Å². The van der Waals surface area contributed by atoms with E-state index in [1.807, 2.05) is 6.92 Å². The number of hydrogen-bond donors (Lipinski definition) is 0. The normalized spacial score (nSPS) is 19.5. The molecule has 0 aromatic heterocycles. The van der Waals surface area contributed by atoms with Crippen LogP contribution in [0.4, 0.5) is 0 Å². The van der Waals surface area contributed by atoms with Crippen LogP contribution in [0.15, 0.2) is 24.5 Å². The van der Waals surface area contributed by atoms with Gasteiger partial charge in [-0.15, -0.1) is 0 Å². The fourth-order valence-electron chi connectivity index (χ4n) is 1.09. The Morgan fingerprint density at radius 2 is 2.47 bits per heavy atom. The third kappa shape index (κ3) is 3.97. The quantitative estimate of drug-likeness (QED) is 0.508. The largest absolute Gasteiger partial charge is 0.486 e. The molecule has 0 radical (unpaired) electrons. The van der Waals surface area contributed by atoms with Crippen LogP contribution in [0.5, 0.6) is 0 Å². The second-order valence-corrected chi connectivity index (χ2v) is 3.12. The maximum absolute atomic E-state index is 11.0. The van der Waals surface area contributed by atoms with Crippen LogP contribution in [-0.2, 0) is 19.1 Å². The zero-order valence-corrected chi connectivity index (χ0v) is 8.64. The SMILES string of the molecule is CCCC(=O)OCC=CC1OC=CC1=O. The minimum atomic E-state index is -0.546. The van der Waals surface area contributed by atoms with E-state index in [4.69, 9.17) is 9.47 Å². The highest BCUT2D eigenvalue weighted by molar-refractivity contribution is 5.96. The molecule has 1 aliphatic rings. The lowest BCUT2D eigenvalue weighted by molar-refractivity contribution is -0.142. The molecular weight excluding hydrogens is 196 g/mol. The smallest absolute Gasteiger partial charge is 0.306 e. The number of ketones is 1. The average molecular weight is 210 g/mol. The van der Waals surface area contributed by atoms with Gasteiger partial charge in [-0.1, -0.05) is 6.92 Å². The van der Waals surface area contributed by atoms with E-state index in [9.17, 15) is 9.59 Å². The second kappa shape index (κ2) is 6.01. The van der Waals surface area contributed by atoms with E-state index in [1.54, 1.807) is 12.2 Å². The van der Waals surface area contributed by atoms with Crippen molar-refractivity contribution in [1.82, 2.24) is 0 Å². The molecule has 0 amide bonds. The van der Waals surface area contributed by atoms with Crippen LogP contribution in [0.25, 0.3) is 0 Å². The number of esters is 1. The predicted octanol–water partition coefficient (Wildman–Crippen LogP) is 1.37. The Kier molecular flexibility index (Phi) is 4.60. The lowest BCUT2D eigenvalue weighted by Gasteiger charge is -2.02. The second-order valence-electron chi connectivity index (χ2n) is 3.12. The summed E-state index contributed by atoms with van der Waals surface area (Å²) >= 11 is 0. The highest BCUT2D eigenvalue weighted by Gasteiger charge is 2.17. The molecule has 1 aliphatic heterocycles. The molecule has 1 heterocycles. The Morgan fingerprint density at radius 3 is 3.07 bits per heavy atom. The van der Waals surface area contributed by atoms with E-state index < -0.39 is 6.10 Å². The van der Waals surface area contributed by atoms with Crippen LogP contribution >= 0.6 is 0 Å². The highest BCUT2D eigenvalue weighted by atomic mass is 16.5. The van der Waals surface area contributed by atoms with E-state index >= 15 is 0 Å². The molecule has 0 spiro atoms. The monoisotopic (exact) mass is 210 g/mol. The maximum Gasteiger partial charge on any atom is 0.306 e. The zero-order chi connectivity index (χ0) is 11.1. The molecule has 0 fully saturated rings. The van der Waals surface area contributed by atoms with Crippen LogP contribution in [0.2, 0.25) is 0 Å². The van der Waals surface area contributed by atoms with Gasteiger partial charge in [-0.25, -0.2) is 0 Å². The van der Waals surface area contributed by atoms with Gasteiger partial charge in [0.2, 0.25) is 5.78 Å². The average Bonchev–Trinajstić information content (AvgIpc) is 2.60. The molecule has 0 saturated carbocycles. The van der Waals surface area contributed by atoms with Crippen molar-refractivity contribution >= 4 is 11.8 Å². The summed E-state index contributed by atoms with van der Waals surface area (Å²) in [7, 11) is 0. The summed E-state index contributed by atoms with van der Waals surface area (Å²) < 4.78 is 9.83. The molecule has 0 aromatic carbocycles. The van der Waals surface area contributed by atoms with Crippen molar-refractivity contribution in [2.45, 2.75) is 25.9 Å². The minimum absolute atomic E-state index is 0.0915. The predicted molar refractivity (Wildman–Crippen MR) is 54.0 cm³/mol. The summed E-state index contributed by atoms with van der Waals surface area (Å²) in [5.41, 5.74) is 0. The molecule has 1 atom stereocenters. The van der Waals surface area contributed by atoms with E-state index in [2.05, 4.69) is 0 Å². The Morgan fingerprint density at radius 1 is 1.67 bits per heavy atom. The van der Waals surface area contributed by atoms with Crippen molar-refractivity contribution in [1.29, 1.82) is 0 Å². The number of carbonyl (C=O) groups is 2. The molecule has 0 aromatic rings. The molecule has 15 heavy (non-hydrogen) atoms. The van der Waals surface area contributed by atoms with Gasteiger partial charge in [-0.2, -0.15) is 0 Å². The van der Waals surface area contributed by atoms with Gasteiger partial charge in [0, 0.05) is 12.5 Å². The van der Waals surface area contributed by atoms with Gasteiger partial charge in [-0.05, 0) is 18.6 Å². The molecular formula is C11H14O4. The van der Waals surface area contributed by atoms with E-state index in [-0.39, 0.29) is 18.4 Å². The van der Waals surface area contributed by atoms with Crippen molar-refractivity contribution in [3.63, 3.8) is 0 Å². The summed E-state index contributed by atoms with van der Waals surface area (Å²) in [5, 5.41) is 0. The molecule has 0 N–H and O–H groups in total. The number of ether oxygens (including phenoxy) is 2. The van der Waals surface area contributed by atoms with Crippen LogP contribution in [-0.4, -0.2) is 24.5 Å². The van der Waals surface area contributed by atoms with Crippen molar-refractivity contribution in [3.05, 3.63) is 24.5 Å². The van der Waals surface area contributed by atoms with Gasteiger partial charge in [0.1, 0.15) is 6.61 Å². The highest BCUT2D eigenvalue weighted by Crippen LogP contribution is 2.06. The maximum atomic E-state index is 11.0. The van der Waals surface area contributed by atoms with Crippen LogP contribution in [0.1, 0.15) is 19.8 Å². The van der Waals surface area contributed by atoms with E-state index in [1.165, 1.54) is 12.3 Å². The van der Waals surface area contributed by atoms with Gasteiger partial charge >= 0.3 is 5.97 Å². The van der Waals surface area contributed by atoms with Crippen LogP contribution in [0, 0.1) is 0 Å². The summed E-state index contributed by atoms with van der Waals surface area (Å²) in [6.07, 6.45) is 6.59. The zero-order valence-electron chi connectivity index (χ0n) is 8.64. The first-order valence-corrected chi connectivity index (χ1v) is 4.92. The number of carbonyl (C=O) groups excluding carboxylic acids is 2. The summed E-state index contributed by atoms with van der Waals surface area (Å²) in [5.74, 6) is -0.315. The van der Waals surface area contributed by atoms with Gasteiger partial charge in [0.15, 0.2) is 6.10 Å². The lowest BCUT2D eigenvalue weighted by atomic mass is 10.2. The van der Waals surface area contributed by atoms with Crippen molar-refractivity contribution < 1.29 is 19.1 Å². The van der Waals surface area contributed by atoms with Crippen molar-refractivity contribution in [2.24, 2.45) is 0 Å². The van der Waals surface area contributed by atoms with Gasteiger partial charge in [0.25, 0.3) is 0 Å². The molecule has 4 nitrogen and oxygen atoms in total. The Balaban J connectivity index is 2.17. The summed E-state index contributed by atoms with van der Waals surface area (Å²) in [4.78, 5) is 22.0. The molecule has 1 rings (SSSR count). The fourth-order valence-corrected chi connectivity index (χ4v) is 1.09. The number of hydrogen-bond acceptors (Lipinski definition) is 4. The Labute approximate surface area is 88.6 Å². The first kappa shape index (κ1) is 11.5. The first-order valence-electron chi connectivity index (χ1n) is 4.92. The standard InChI is InChI=1S/C11H14O4/c1-2-4-11(13)15-7-3-5-10-9(12)6-8-14-10/h3,5-6,8,10H,2,4,7H2,1H3. The first-order chi connectivity index (χ1) is 7.24. The molecule has 0 bridgehead atoms. The van der Waals surface area contributed by atoms with E-state index in [0.717, 1.165) is 6.42 Å². The Bertz CT molecular complexity index is 291. The summed E-state index contributed by atoms with van der Waals surface area (Å²) in [6.45, 7) is 2.10. The van der Waals surface area contributed by atoms with E-state index in [0.29, 0.717) is 6.42 Å².